The van der Waals surface area contributed by atoms with Crippen LogP contribution in [0.5, 0.6) is 5.75 Å². The summed E-state index contributed by atoms with van der Waals surface area (Å²) in [5.41, 5.74) is 0.959. The van der Waals surface area contributed by atoms with Gasteiger partial charge in [0.25, 0.3) is 10.0 Å². The Hall–Kier alpha value is -2.12. The molecule has 1 aromatic heterocycles. The van der Waals surface area contributed by atoms with E-state index in [1.165, 1.54) is 12.1 Å². The van der Waals surface area contributed by atoms with E-state index in [0.29, 0.717) is 19.0 Å². The van der Waals surface area contributed by atoms with Crippen LogP contribution in [-0.4, -0.2) is 33.7 Å². The molecular formula is C15H18N2O4S. The molecule has 1 heterocycles. The Balaban J connectivity index is 2.07. The number of ether oxygens (including phenoxy) is 2. The molecule has 2 aromatic rings. The fourth-order valence-electron chi connectivity index (χ4n) is 1.68. The fraction of sp³-hybridized carbons (Fsp3) is 0.267. The average Bonchev–Trinajstić information content (AvgIpc) is 2.50. The average molecular weight is 322 g/mol. The number of rotatable bonds is 7. The third kappa shape index (κ3) is 4.44. The number of pyridine rings is 1. The maximum atomic E-state index is 12.2. The van der Waals surface area contributed by atoms with Crippen molar-refractivity contribution < 1.29 is 17.9 Å². The Morgan fingerprint density at radius 1 is 1.09 bits per heavy atom. The molecule has 2 rings (SSSR count). The van der Waals surface area contributed by atoms with Crippen molar-refractivity contribution in [2.45, 2.75) is 11.8 Å². The van der Waals surface area contributed by atoms with Crippen LogP contribution in [0.2, 0.25) is 0 Å². The normalized spacial score (nSPS) is 11.2. The number of benzene rings is 1. The molecule has 0 bridgehead atoms. The molecular weight excluding hydrogens is 304 g/mol. The number of methoxy groups -OCH3 is 1. The summed E-state index contributed by atoms with van der Waals surface area (Å²) in [4.78, 5) is 4.17. The van der Waals surface area contributed by atoms with Crippen molar-refractivity contribution in [2.24, 2.45) is 0 Å². The highest BCUT2D eigenvalue weighted by molar-refractivity contribution is 7.92. The summed E-state index contributed by atoms with van der Waals surface area (Å²) in [6.45, 7) is 2.77. The predicted octanol–water partition coefficient (Wildman–Crippen LogP) is 2.22. The molecule has 0 atom stereocenters. The number of sulfonamides is 1. The number of anilines is 1. The summed E-state index contributed by atoms with van der Waals surface area (Å²) in [7, 11) is -2.07. The van der Waals surface area contributed by atoms with Crippen molar-refractivity contribution in [1.82, 2.24) is 4.98 Å². The monoisotopic (exact) mass is 322 g/mol. The van der Waals surface area contributed by atoms with Crippen LogP contribution in [0.3, 0.4) is 0 Å². The fourth-order valence-corrected chi connectivity index (χ4v) is 2.69. The summed E-state index contributed by atoms with van der Waals surface area (Å²) in [6.07, 6.45) is 1.60. The van der Waals surface area contributed by atoms with Crippen LogP contribution in [0.4, 0.5) is 5.82 Å². The van der Waals surface area contributed by atoms with E-state index in [2.05, 4.69) is 9.71 Å². The second-order valence-electron chi connectivity index (χ2n) is 4.64. The Morgan fingerprint density at radius 2 is 1.82 bits per heavy atom. The van der Waals surface area contributed by atoms with Crippen LogP contribution in [0.1, 0.15) is 5.56 Å². The zero-order valence-electron chi connectivity index (χ0n) is 12.4. The molecule has 0 radical (unpaired) electrons. The number of aryl methyl sites for hydroxylation is 1. The summed E-state index contributed by atoms with van der Waals surface area (Å²) in [6, 6.07) is 9.59. The zero-order valence-corrected chi connectivity index (χ0v) is 13.3. The Bertz CT molecular complexity index is 697. The predicted molar refractivity (Wildman–Crippen MR) is 83.6 cm³/mol. The number of aromatic nitrogens is 1. The molecule has 0 aliphatic rings. The molecule has 0 fully saturated rings. The van der Waals surface area contributed by atoms with Crippen LogP contribution >= 0.6 is 0 Å². The topological polar surface area (TPSA) is 77.5 Å². The molecule has 22 heavy (non-hydrogen) atoms. The van der Waals surface area contributed by atoms with Crippen LogP contribution in [-0.2, 0) is 14.8 Å². The quantitative estimate of drug-likeness (QED) is 0.791. The molecule has 0 aliphatic carbocycles. The second kappa shape index (κ2) is 7.24. The van der Waals surface area contributed by atoms with Gasteiger partial charge in [-0.1, -0.05) is 6.07 Å². The van der Waals surface area contributed by atoms with Crippen molar-refractivity contribution >= 4 is 15.8 Å². The lowest BCUT2D eigenvalue weighted by molar-refractivity contribution is 0.146. The highest BCUT2D eigenvalue weighted by atomic mass is 32.2. The first kappa shape index (κ1) is 16.3. The van der Waals surface area contributed by atoms with Crippen molar-refractivity contribution in [1.29, 1.82) is 0 Å². The van der Waals surface area contributed by atoms with Gasteiger partial charge < -0.3 is 9.47 Å². The molecule has 1 N–H and O–H groups in total. The lowest BCUT2D eigenvalue weighted by Crippen LogP contribution is -2.14. The van der Waals surface area contributed by atoms with E-state index >= 15 is 0 Å². The van der Waals surface area contributed by atoms with E-state index in [0.717, 1.165) is 5.56 Å². The molecule has 0 saturated heterocycles. The lowest BCUT2D eigenvalue weighted by Gasteiger charge is -2.09. The minimum atomic E-state index is -3.66. The van der Waals surface area contributed by atoms with E-state index in [1.807, 2.05) is 6.92 Å². The Morgan fingerprint density at radius 3 is 2.41 bits per heavy atom. The van der Waals surface area contributed by atoms with Gasteiger partial charge in [0.05, 0.1) is 11.5 Å². The smallest absolute Gasteiger partial charge is 0.263 e. The first-order valence-corrected chi connectivity index (χ1v) is 8.17. The van der Waals surface area contributed by atoms with Gasteiger partial charge >= 0.3 is 0 Å². The van der Waals surface area contributed by atoms with E-state index in [9.17, 15) is 8.42 Å². The van der Waals surface area contributed by atoms with Crippen LogP contribution in [0.15, 0.2) is 47.5 Å². The summed E-state index contributed by atoms with van der Waals surface area (Å²) in [5, 5.41) is 0. The van der Waals surface area contributed by atoms with E-state index in [1.54, 1.807) is 37.6 Å². The van der Waals surface area contributed by atoms with Crippen molar-refractivity contribution in [3.8, 4) is 5.75 Å². The minimum Gasteiger partial charge on any atom is -0.491 e. The van der Waals surface area contributed by atoms with Crippen molar-refractivity contribution in [2.75, 3.05) is 25.0 Å². The number of hydrogen-bond acceptors (Lipinski definition) is 5. The maximum absolute atomic E-state index is 12.2. The van der Waals surface area contributed by atoms with Crippen molar-refractivity contribution in [3.63, 3.8) is 0 Å². The maximum Gasteiger partial charge on any atom is 0.263 e. The van der Waals surface area contributed by atoms with E-state index in [-0.39, 0.29) is 10.7 Å². The third-order valence-electron chi connectivity index (χ3n) is 2.84. The minimum absolute atomic E-state index is 0.147. The first-order chi connectivity index (χ1) is 10.5. The van der Waals surface area contributed by atoms with E-state index in [4.69, 9.17) is 9.47 Å². The number of hydrogen-bond donors (Lipinski definition) is 1. The Labute approximate surface area is 130 Å². The summed E-state index contributed by atoms with van der Waals surface area (Å²) in [5.74, 6) is 0.871. The van der Waals surface area contributed by atoms with Crippen molar-refractivity contribution in [3.05, 3.63) is 48.2 Å². The summed E-state index contributed by atoms with van der Waals surface area (Å²) >= 11 is 0. The Kier molecular flexibility index (Phi) is 5.35. The largest absolute Gasteiger partial charge is 0.491 e. The van der Waals surface area contributed by atoms with Gasteiger partial charge in [-0.05, 0) is 42.8 Å². The molecule has 0 amide bonds. The van der Waals surface area contributed by atoms with Gasteiger partial charge in [0, 0.05) is 13.3 Å². The summed E-state index contributed by atoms with van der Waals surface area (Å²) < 4.78 is 37.2. The molecule has 1 aromatic carbocycles. The van der Waals surface area contributed by atoms with Gasteiger partial charge in [-0.25, -0.2) is 13.4 Å². The number of nitrogens with zero attached hydrogens (tertiary/aromatic N) is 1. The standard InChI is InChI=1S/C15H18N2O4S/c1-12-3-8-15(16-11-12)17-22(18,19)14-6-4-13(5-7-14)21-10-9-20-2/h3-8,11H,9-10H2,1-2H3,(H,16,17). The van der Waals surface area contributed by atoms with Gasteiger partial charge in [-0.15, -0.1) is 0 Å². The SMILES string of the molecule is COCCOc1ccc(S(=O)(=O)Nc2ccc(C)cn2)cc1. The van der Waals surface area contributed by atoms with Crippen LogP contribution in [0, 0.1) is 6.92 Å². The highest BCUT2D eigenvalue weighted by Gasteiger charge is 2.14. The molecule has 6 nitrogen and oxygen atoms in total. The molecule has 0 unspecified atom stereocenters. The molecule has 7 heteroatoms. The van der Waals surface area contributed by atoms with Gasteiger partial charge in [-0.3, -0.25) is 4.72 Å². The van der Waals surface area contributed by atoms with Gasteiger partial charge in [0.2, 0.25) is 0 Å². The molecule has 118 valence electrons. The zero-order chi connectivity index (χ0) is 16.0. The van der Waals surface area contributed by atoms with Crippen LogP contribution < -0.4 is 9.46 Å². The number of nitrogens with one attached hydrogen (secondary N) is 1. The van der Waals surface area contributed by atoms with E-state index < -0.39 is 10.0 Å². The molecule has 0 saturated carbocycles. The second-order valence-corrected chi connectivity index (χ2v) is 6.32. The third-order valence-corrected chi connectivity index (χ3v) is 4.21. The molecule has 0 spiro atoms. The first-order valence-electron chi connectivity index (χ1n) is 6.68. The lowest BCUT2D eigenvalue weighted by atomic mass is 10.3. The van der Waals surface area contributed by atoms with Gasteiger partial charge in [-0.2, -0.15) is 0 Å². The molecule has 0 aliphatic heterocycles. The highest BCUT2D eigenvalue weighted by Crippen LogP contribution is 2.18. The van der Waals surface area contributed by atoms with Crippen LogP contribution in [0.25, 0.3) is 0 Å². The van der Waals surface area contributed by atoms with Gasteiger partial charge in [0.1, 0.15) is 18.2 Å². The van der Waals surface area contributed by atoms with Gasteiger partial charge in [0.15, 0.2) is 0 Å².